The van der Waals surface area contributed by atoms with Crippen molar-refractivity contribution in [2.45, 2.75) is 19.5 Å². The Morgan fingerprint density at radius 1 is 1.17 bits per heavy atom. The molecule has 0 amide bonds. The molecule has 3 aromatic rings. The Morgan fingerprint density at radius 2 is 2.00 bits per heavy atom. The molecule has 0 radical (unpaired) electrons. The predicted molar refractivity (Wildman–Crippen MR) is 91.0 cm³/mol. The van der Waals surface area contributed by atoms with Crippen LogP contribution in [0, 0.1) is 0 Å². The number of H-pyrrole nitrogens is 1. The summed E-state index contributed by atoms with van der Waals surface area (Å²) in [5.74, 6) is 0.205. The number of aromatic amines is 1. The molecule has 23 heavy (non-hydrogen) atoms. The average molecular weight is 306 g/mol. The van der Waals surface area contributed by atoms with E-state index in [1.807, 2.05) is 0 Å². The SMILES string of the molecule is Nc1nc2c(c(=O)[nH]1)CN(Cc1cccc3ccccc13)CC2. The van der Waals surface area contributed by atoms with Gasteiger partial charge in [-0.05, 0) is 16.3 Å². The third kappa shape index (κ3) is 2.59. The van der Waals surface area contributed by atoms with E-state index in [9.17, 15) is 4.79 Å². The zero-order valence-electron chi connectivity index (χ0n) is 12.7. The number of aromatic nitrogens is 2. The van der Waals surface area contributed by atoms with Crippen LogP contribution in [0.1, 0.15) is 16.8 Å². The number of fused-ring (bicyclic) bond motifs is 2. The number of hydrogen-bond donors (Lipinski definition) is 2. The summed E-state index contributed by atoms with van der Waals surface area (Å²) >= 11 is 0. The minimum Gasteiger partial charge on any atom is -0.369 e. The minimum absolute atomic E-state index is 0.116. The van der Waals surface area contributed by atoms with Gasteiger partial charge in [0.15, 0.2) is 0 Å². The van der Waals surface area contributed by atoms with Crippen molar-refractivity contribution >= 4 is 16.7 Å². The van der Waals surface area contributed by atoms with E-state index in [1.165, 1.54) is 16.3 Å². The molecule has 1 aliphatic rings. The predicted octanol–water partition coefficient (Wildman–Crippen LogP) is 2.06. The molecule has 1 aliphatic heterocycles. The van der Waals surface area contributed by atoms with Gasteiger partial charge in [0.1, 0.15) is 0 Å². The maximum Gasteiger partial charge on any atom is 0.257 e. The maximum atomic E-state index is 12.1. The van der Waals surface area contributed by atoms with Crippen LogP contribution in [0.25, 0.3) is 10.8 Å². The third-order valence-corrected chi connectivity index (χ3v) is 4.44. The molecule has 4 rings (SSSR count). The van der Waals surface area contributed by atoms with Gasteiger partial charge in [-0.1, -0.05) is 42.5 Å². The van der Waals surface area contributed by atoms with Gasteiger partial charge in [-0.3, -0.25) is 14.7 Å². The first-order valence-corrected chi connectivity index (χ1v) is 7.77. The lowest BCUT2D eigenvalue weighted by Crippen LogP contribution is -2.35. The van der Waals surface area contributed by atoms with Gasteiger partial charge in [0, 0.05) is 26.1 Å². The van der Waals surface area contributed by atoms with Crippen molar-refractivity contribution in [2.75, 3.05) is 12.3 Å². The molecule has 0 unspecified atom stereocenters. The summed E-state index contributed by atoms with van der Waals surface area (Å²) in [5, 5.41) is 2.51. The fourth-order valence-electron chi connectivity index (χ4n) is 3.31. The largest absolute Gasteiger partial charge is 0.369 e. The van der Waals surface area contributed by atoms with Crippen molar-refractivity contribution in [3.05, 3.63) is 69.6 Å². The van der Waals surface area contributed by atoms with Crippen molar-refractivity contribution in [1.82, 2.24) is 14.9 Å². The standard InChI is InChI=1S/C18H18N4O/c19-18-20-16-8-9-22(11-15(16)17(23)21-18)10-13-6-3-5-12-4-1-2-7-14(12)13/h1-7H,8-11H2,(H3,19,20,21,23). The normalized spacial score (nSPS) is 14.8. The number of rotatable bonds is 2. The van der Waals surface area contributed by atoms with Gasteiger partial charge in [-0.25, -0.2) is 4.98 Å². The van der Waals surface area contributed by atoms with E-state index in [0.29, 0.717) is 6.54 Å². The Labute approximate surface area is 133 Å². The lowest BCUT2D eigenvalue weighted by atomic mass is 10.0. The number of benzene rings is 2. The molecule has 1 aromatic heterocycles. The van der Waals surface area contributed by atoms with Crippen LogP contribution in [0.15, 0.2) is 47.3 Å². The first kappa shape index (κ1) is 14.0. The fraction of sp³-hybridized carbons (Fsp3) is 0.222. The van der Waals surface area contributed by atoms with Gasteiger partial charge in [-0.2, -0.15) is 0 Å². The molecule has 0 atom stereocenters. The molecule has 116 valence electrons. The Balaban J connectivity index is 1.64. The number of nitrogens with two attached hydrogens (primary N) is 1. The molecule has 0 saturated carbocycles. The number of hydrogen-bond acceptors (Lipinski definition) is 4. The quantitative estimate of drug-likeness (QED) is 0.760. The highest BCUT2D eigenvalue weighted by Gasteiger charge is 2.21. The summed E-state index contributed by atoms with van der Waals surface area (Å²) in [6.07, 6.45) is 0.758. The monoisotopic (exact) mass is 306 g/mol. The second-order valence-corrected chi connectivity index (χ2v) is 5.98. The van der Waals surface area contributed by atoms with Gasteiger partial charge in [-0.15, -0.1) is 0 Å². The average Bonchev–Trinajstić information content (AvgIpc) is 2.56. The van der Waals surface area contributed by atoms with Crippen molar-refractivity contribution in [2.24, 2.45) is 0 Å². The van der Waals surface area contributed by atoms with Crippen LogP contribution < -0.4 is 11.3 Å². The van der Waals surface area contributed by atoms with Crippen LogP contribution in [0.4, 0.5) is 5.95 Å². The van der Waals surface area contributed by atoms with Crippen LogP contribution in [-0.2, 0) is 19.5 Å². The molecule has 3 N–H and O–H groups in total. The molecule has 0 aliphatic carbocycles. The van der Waals surface area contributed by atoms with Crippen molar-refractivity contribution in [3.8, 4) is 0 Å². The highest BCUT2D eigenvalue weighted by Crippen LogP contribution is 2.22. The first-order chi connectivity index (χ1) is 11.2. The maximum absolute atomic E-state index is 12.1. The Kier molecular flexibility index (Phi) is 3.35. The van der Waals surface area contributed by atoms with Gasteiger partial charge < -0.3 is 5.73 Å². The van der Waals surface area contributed by atoms with Crippen molar-refractivity contribution in [1.29, 1.82) is 0 Å². The number of nitrogens with zero attached hydrogens (tertiary/aromatic N) is 2. The topological polar surface area (TPSA) is 75.0 Å². The second-order valence-electron chi connectivity index (χ2n) is 5.98. The zero-order chi connectivity index (χ0) is 15.8. The van der Waals surface area contributed by atoms with Crippen molar-refractivity contribution < 1.29 is 0 Å². The lowest BCUT2D eigenvalue weighted by molar-refractivity contribution is 0.243. The van der Waals surface area contributed by atoms with Gasteiger partial charge in [0.05, 0.1) is 11.3 Å². The van der Waals surface area contributed by atoms with E-state index in [2.05, 4.69) is 57.3 Å². The Bertz CT molecular complexity index is 926. The third-order valence-electron chi connectivity index (χ3n) is 4.44. The van der Waals surface area contributed by atoms with E-state index in [4.69, 9.17) is 5.73 Å². The van der Waals surface area contributed by atoms with Crippen LogP contribution in [0.2, 0.25) is 0 Å². The van der Waals surface area contributed by atoms with Gasteiger partial charge in [0.2, 0.25) is 5.95 Å². The van der Waals surface area contributed by atoms with E-state index in [1.54, 1.807) is 0 Å². The lowest BCUT2D eigenvalue weighted by Gasteiger charge is -2.28. The van der Waals surface area contributed by atoms with E-state index >= 15 is 0 Å². The Hall–Kier alpha value is -2.66. The molecular formula is C18H18N4O. The number of nitrogens with one attached hydrogen (secondary N) is 1. The summed E-state index contributed by atoms with van der Waals surface area (Å²) < 4.78 is 0. The Morgan fingerprint density at radius 3 is 2.91 bits per heavy atom. The fourth-order valence-corrected chi connectivity index (χ4v) is 3.31. The molecule has 0 fully saturated rings. The number of anilines is 1. The van der Waals surface area contributed by atoms with Crippen LogP contribution in [0.5, 0.6) is 0 Å². The van der Waals surface area contributed by atoms with Crippen LogP contribution >= 0.6 is 0 Å². The van der Waals surface area contributed by atoms with E-state index in [-0.39, 0.29) is 11.5 Å². The first-order valence-electron chi connectivity index (χ1n) is 7.77. The second kappa shape index (κ2) is 5.52. The molecule has 5 nitrogen and oxygen atoms in total. The summed E-state index contributed by atoms with van der Waals surface area (Å²) in [6.45, 7) is 2.32. The molecule has 2 aromatic carbocycles. The van der Waals surface area contributed by atoms with Gasteiger partial charge >= 0.3 is 0 Å². The molecular weight excluding hydrogens is 288 g/mol. The zero-order valence-corrected chi connectivity index (χ0v) is 12.7. The highest BCUT2D eigenvalue weighted by molar-refractivity contribution is 5.85. The molecule has 0 bridgehead atoms. The smallest absolute Gasteiger partial charge is 0.257 e. The van der Waals surface area contributed by atoms with Gasteiger partial charge in [0.25, 0.3) is 5.56 Å². The van der Waals surface area contributed by atoms with Crippen molar-refractivity contribution in [3.63, 3.8) is 0 Å². The highest BCUT2D eigenvalue weighted by atomic mass is 16.1. The van der Waals surface area contributed by atoms with Crippen LogP contribution in [-0.4, -0.2) is 21.4 Å². The summed E-state index contributed by atoms with van der Waals surface area (Å²) in [6, 6.07) is 14.8. The summed E-state index contributed by atoms with van der Waals surface area (Å²) in [7, 11) is 0. The molecule has 0 saturated heterocycles. The van der Waals surface area contributed by atoms with E-state index in [0.717, 1.165) is 30.8 Å². The number of nitrogen functional groups attached to an aromatic ring is 1. The summed E-state index contributed by atoms with van der Waals surface area (Å²) in [4.78, 5) is 21.2. The van der Waals surface area contributed by atoms with Crippen LogP contribution in [0.3, 0.4) is 0 Å². The summed E-state index contributed by atoms with van der Waals surface area (Å²) in [5.41, 5.74) is 8.37. The van der Waals surface area contributed by atoms with E-state index < -0.39 is 0 Å². The molecule has 2 heterocycles. The minimum atomic E-state index is -0.116. The molecule has 5 heteroatoms. The molecule has 0 spiro atoms.